The fraction of sp³-hybridized carbons (Fsp3) is 0.226. The van der Waals surface area contributed by atoms with Gasteiger partial charge in [0.05, 0.1) is 32.8 Å². The van der Waals surface area contributed by atoms with E-state index >= 15 is 0 Å². The van der Waals surface area contributed by atoms with Crippen LogP contribution in [0.2, 0.25) is 10.0 Å². The smallest absolute Gasteiger partial charge is 0.316 e. The van der Waals surface area contributed by atoms with Gasteiger partial charge in [0.15, 0.2) is 0 Å². The monoisotopic (exact) mass is 560 g/mol. The standard InChI is InChI=1S/C31H30Cl2N4O2/c1-3-4-18-35(31(39)34-29-23(32)9-7-10-24(29)33)20-28(38)37-26-12-6-5-11-25(26)36-19-8-13-27(36)30(37)22-16-14-21(2)15-17-22/h5-17,19,30H,3-4,18,20H2,1-2H3,(H,34,39)/t30-/m1/s1. The maximum atomic E-state index is 14.3. The highest BCUT2D eigenvalue weighted by Gasteiger charge is 2.37. The number of nitrogens with zero attached hydrogens (tertiary/aromatic N) is 3. The van der Waals surface area contributed by atoms with Crippen molar-refractivity contribution in [2.45, 2.75) is 32.7 Å². The Kier molecular flexibility index (Phi) is 7.96. The topological polar surface area (TPSA) is 57.6 Å². The first-order valence-electron chi connectivity index (χ1n) is 13.0. The van der Waals surface area contributed by atoms with E-state index in [1.807, 2.05) is 61.3 Å². The Morgan fingerprint density at radius 2 is 1.59 bits per heavy atom. The predicted molar refractivity (Wildman–Crippen MR) is 158 cm³/mol. The third kappa shape index (κ3) is 5.40. The number of nitrogens with one attached hydrogen (secondary N) is 1. The molecule has 0 bridgehead atoms. The van der Waals surface area contributed by atoms with Gasteiger partial charge >= 0.3 is 6.03 Å². The number of carbonyl (C=O) groups excluding carboxylic acids is 2. The molecule has 0 radical (unpaired) electrons. The zero-order valence-corrected chi connectivity index (χ0v) is 23.4. The van der Waals surface area contributed by atoms with Crippen molar-refractivity contribution in [1.29, 1.82) is 0 Å². The van der Waals surface area contributed by atoms with Crippen LogP contribution in [-0.2, 0) is 4.79 Å². The van der Waals surface area contributed by atoms with E-state index in [9.17, 15) is 9.59 Å². The summed E-state index contributed by atoms with van der Waals surface area (Å²) in [6, 6.07) is 24.4. The molecule has 0 saturated heterocycles. The number of hydrogen-bond acceptors (Lipinski definition) is 2. The molecule has 1 N–H and O–H groups in total. The molecule has 1 atom stereocenters. The number of carbonyl (C=O) groups is 2. The van der Waals surface area contributed by atoms with Gasteiger partial charge in [-0.2, -0.15) is 0 Å². The van der Waals surface area contributed by atoms with Gasteiger partial charge in [-0.05, 0) is 55.3 Å². The van der Waals surface area contributed by atoms with Gasteiger partial charge in [-0.15, -0.1) is 0 Å². The quantitative estimate of drug-likeness (QED) is 0.250. The van der Waals surface area contributed by atoms with Crippen LogP contribution >= 0.6 is 23.2 Å². The molecule has 0 spiro atoms. The Balaban J connectivity index is 1.51. The van der Waals surface area contributed by atoms with Gasteiger partial charge in [0.1, 0.15) is 12.6 Å². The van der Waals surface area contributed by atoms with Gasteiger partial charge in [-0.25, -0.2) is 4.79 Å². The minimum Gasteiger partial charge on any atom is -0.316 e. The van der Waals surface area contributed by atoms with E-state index in [0.29, 0.717) is 22.3 Å². The molecule has 1 aliphatic heterocycles. The molecule has 0 unspecified atom stereocenters. The second-order valence-electron chi connectivity index (χ2n) is 9.67. The fourth-order valence-corrected chi connectivity index (χ4v) is 5.46. The maximum absolute atomic E-state index is 14.3. The van der Waals surface area contributed by atoms with Gasteiger partial charge < -0.3 is 14.8 Å². The van der Waals surface area contributed by atoms with Crippen LogP contribution in [0.5, 0.6) is 0 Å². The Hall–Kier alpha value is -3.74. The Labute approximate surface area is 238 Å². The first-order valence-corrected chi connectivity index (χ1v) is 13.8. The Morgan fingerprint density at radius 3 is 2.28 bits per heavy atom. The molecule has 1 aliphatic rings. The summed E-state index contributed by atoms with van der Waals surface area (Å²) in [6.45, 7) is 4.40. The zero-order chi connectivity index (χ0) is 27.5. The molecule has 39 heavy (non-hydrogen) atoms. The normalized spacial score (nSPS) is 13.9. The van der Waals surface area contributed by atoms with E-state index in [-0.39, 0.29) is 18.5 Å². The lowest BCUT2D eigenvalue weighted by molar-refractivity contribution is -0.119. The van der Waals surface area contributed by atoms with E-state index in [1.54, 1.807) is 18.2 Å². The summed E-state index contributed by atoms with van der Waals surface area (Å²) in [4.78, 5) is 31.1. The van der Waals surface area contributed by atoms with Crippen LogP contribution < -0.4 is 10.2 Å². The first kappa shape index (κ1) is 26.9. The van der Waals surface area contributed by atoms with E-state index in [1.165, 1.54) is 4.90 Å². The van der Waals surface area contributed by atoms with Gasteiger partial charge in [0.25, 0.3) is 0 Å². The number of fused-ring (bicyclic) bond motifs is 3. The molecule has 200 valence electrons. The van der Waals surface area contributed by atoms with Gasteiger partial charge in [0, 0.05) is 12.7 Å². The summed E-state index contributed by atoms with van der Waals surface area (Å²) >= 11 is 12.6. The highest BCUT2D eigenvalue weighted by Crippen LogP contribution is 2.42. The molecule has 1 aromatic heterocycles. The van der Waals surface area contributed by atoms with Crippen molar-refractivity contribution in [3.05, 3.63) is 112 Å². The summed E-state index contributed by atoms with van der Waals surface area (Å²) in [5.74, 6) is -0.183. The van der Waals surface area contributed by atoms with Gasteiger partial charge in [-0.1, -0.05) is 84.6 Å². The Morgan fingerprint density at radius 1 is 0.897 bits per heavy atom. The molecule has 3 aromatic carbocycles. The molecule has 0 saturated carbocycles. The lowest BCUT2D eigenvalue weighted by Gasteiger charge is -2.39. The maximum Gasteiger partial charge on any atom is 0.322 e. The number of aryl methyl sites for hydroxylation is 1. The van der Waals surface area contributed by atoms with E-state index in [0.717, 1.165) is 41.0 Å². The minimum absolute atomic E-state index is 0.106. The van der Waals surface area contributed by atoms with Crippen LogP contribution in [0.4, 0.5) is 16.2 Å². The van der Waals surface area contributed by atoms with Crippen LogP contribution in [-0.4, -0.2) is 34.5 Å². The zero-order valence-electron chi connectivity index (χ0n) is 21.9. The second kappa shape index (κ2) is 11.6. The highest BCUT2D eigenvalue weighted by atomic mass is 35.5. The van der Waals surface area contributed by atoms with Crippen LogP contribution in [0.15, 0.2) is 85.1 Å². The summed E-state index contributed by atoms with van der Waals surface area (Å²) in [5, 5.41) is 3.50. The molecule has 4 aromatic rings. The number of unbranched alkanes of at least 4 members (excludes halogenated alkanes) is 1. The number of anilines is 2. The molecule has 8 heteroatoms. The van der Waals surface area contributed by atoms with Gasteiger partial charge in [-0.3, -0.25) is 9.69 Å². The molecular formula is C31H30Cl2N4O2. The minimum atomic E-state index is -0.424. The fourth-order valence-electron chi connectivity index (χ4n) is 4.97. The number of halogens is 2. The SMILES string of the molecule is CCCCN(CC(=O)N1c2ccccc2-n2cccc2[C@H]1c1ccc(C)cc1)C(=O)Nc1c(Cl)cccc1Cl. The van der Waals surface area contributed by atoms with Crippen LogP contribution in [0.25, 0.3) is 5.69 Å². The summed E-state index contributed by atoms with van der Waals surface area (Å²) in [7, 11) is 0. The average molecular weight is 562 g/mol. The third-order valence-electron chi connectivity index (χ3n) is 6.97. The summed E-state index contributed by atoms with van der Waals surface area (Å²) < 4.78 is 2.13. The third-order valence-corrected chi connectivity index (χ3v) is 7.60. The number of hydrogen-bond donors (Lipinski definition) is 1. The number of benzene rings is 3. The molecule has 6 nitrogen and oxygen atoms in total. The second-order valence-corrected chi connectivity index (χ2v) is 10.5. The molecule has 3 amide bonds. The number of urea groups is 1. The first-order chi connectivity index (χ1) is 18.9. The molecule has 0 aliphatic carbocycles. The van der Waals surface area contributed by atoms with Crippen molar-refractivity contribution in [1.82, 2.24) is 9.47 Å². The average Bonchev–Trinajstić information content (AvgIpc) is 3.43. The van der Waals surface area contributed by atoms with E-state index < -0.39 is 6.03 Å². The van der Waals surface area contributed by atoms with Crippen LogP contribution in [0, 0.1) is 6.92 Å². The Bertz CT molecular complexity index is 1480. The summed E-state index contributed by atoms with van der Waals surface area (Å²) in [5.41, 5.74) is 5.17. The van der Waals surface area contributed by atoms with Crippen molar-refractivity contribution in [3.63, 3.8) is 0 Å². The van der Waals surface area contributed by atoms with E-state index in [4.69, 9.17) is 23.2 Å². The predicted octanol–water partition coefficient (Wildman–Crippen LogP) is 7.86. The lowest BCUT2D eigenvalue weighted by atomic mass is 9.97. The van der Waals surface area contributed by atoms with Crippen molar-refractivity contribution in [2.24, 2.45) is 0 Å². The van der Waals surface area contributed by atoms with Crippen molar-refractivity contribution in [2.75, 3.05) is 23.3 Å². The number of rotatable bonds is 7. The van der Waals surface area contributed by atoms with Crippen molar-refractivity contribution < 1.29 is 9.59 Å². The molecular weight excluding hydrogens is 531 g/mol. The van der Waals surface area contributed by atoms with Crippen LogP contribution in [0.3, 0.4) is 0 Å². The highest BCUT2D eigenvalue weighted by molar-refractivity contribution is 6.39. The number of para-hydroxylation sites is 3. The number of aromatic nitrogens is 1. The van der Waals surface area contributed by atoms with Crippen molar-refractivity contribution in [3.8, 4) is 5.69 Å². The molecule has 5 rings (SSSR count). The number of amides is 3. The largest absolute Gasteiger partial charge is 0.322 e. The van der Waals surface area contributed by atoms with Crippen LogP contribution in [0.1, 0.15) is 42.6 Å². The molecule has 2 heterocycles. The van der Waals surface area contributed by atoms with E-state index in [2.05, 4.69) is 34.1 Å². The van der Waals surface area contributed by atoms with Crippen molar-refractivity contribution >= 4 is 46.5 Å². The van der Waals surface area contributed by atoms with Gasteiger partial charge in [0.2, 0.25) is 5.91 Å². The molecule has 0 fully saturated rings. The lowest BCUT2D eigenvalue weighted by Crippen LogP contribution is -2.48. The summed E-state index contributed by atoms with van der Waals surface area (Å²) in [6.07, 6.45) is 3.64.